The number of nitrogens with zero attached hydrogens (tertiary/aromatic N) is 4. The van der Waals surface area contributed by atoms with Crippen molar-refractivity contribution in [3.05, 3.63) is 40.5 Å². The monoisotopic (exact) mass is 311 g/mol. The number of carbonyl (C=O) groups is 1. The van der Waals surface area contributed by atoms with E-state index in [1.165, 1.54) is 0 Å². The zero-order valence-electron chi connectivity index (χ0n) is 10.4. The van der Waals surface area contributed by atoms with E-state index in [9.17, 15) is 45.3 Å². The molecule has 15 heteroatoms. The SMILES string of the molecule is CC(CC(=O)ON[N+](=O)[O-])CC([N+](=O)[O-])([N+](=O)[O-])[N+](=O)[O-]. The Kier molecular flexibility index (Phi) is 5.85. The van der Waals surface area contributed by atoms with Gasteiger partial charge in [-0.2, -0.15) is 0 Å². The maximum absolute atomic E-state index is 11.1. The van der Waals surface area contributed by atoms with Crippen LogP contribution in [0.3, 0.4) is 0 Å². The second kappa shape index (κ2) is 6.87. The van der Waals surface area contributed by atoms with Crippen LogP contribution in [0.2, 0.25) is 0 Å². The summed E-state index contributed by atoms with van der Waals surface area (Å²) in [5, 5.41) is 40.6. The fraction of sp³-hybridized carbons (Fsp3) is 0.833. The van der Waals surface area contributed by atoms with E-state index >= 15 is 0 Å². The molecular formula is C6H9N5O10. The highest BCUT2D eigenvalue weighted by Gasteiger charge is 2.70. The van der Waals surface area contributed by atoms with E-state index in [1.54, 1.807) is 0 Å². The molecule has 0 fully saturated rings. The lowest BCUT2D eigenvalue weighted by molar-refractivity contribution is -0.971. The van der Waals surface area contributed by atoms with Gasteiger partial charge in [0.15, 0.2) is 26.2 Å². The molecule has 0 aliphatic rings. The second-order valence-electron chi connectivity index (χ2n) is 3.88. The van der Waals surface area contributed by atoms with Gasteiger partial charge in [0, 0.05) is 5.59 Å². The lowest BCUT2D eigenvalue weighted by Crippen LogP contribution is -2.54. The first-order chi connectivity index (χ1) is 9.53. The van der Waals surface area contributed by atoms with Gasteiger partial charge in [0.05, 0.1) is 6.42 Å². The molecule has 0 aliphatic heterocycles. The van der Waals surface area contributed by atoms with Gasteiger partial charge in [-0.15, -0.1) is 0 Å². The molecule has 0 heterocycles. The number of hydrazine groups is 1. The predicted octanol–water partition coefficient (Wildman–Crippen LogP) is -0.874. The Labute approximate surface area is 114 Å². The van der Waals surface area contributed by atoms with Gasteiger partial charge in [0.1, 0.15) is 0 Å². The number of nitro groups is 4. The smallest absolute Gasteiger partial charge is 0.291 e. The van der Waals surface area contributed by atoms with Gasteiger partial charge in [-0.25, -0.2) is 14.9 Å². The zero-order valence-corrected chi connectivity index (χ0v) is 10.4. The van der Waals surface area contributed by atoms with Gasteiger partial charge in [0.25, 0.3) is 0 Å². The molecule has 0 aromatic heterocycles. The highest BCUT2D eigenvalue weighted by molar-refractivity contribution is 5.69. The van der Waals surface area contributed by atoms with Crippen LogP contribution in [0.15, 0.2) is 0 Å². The van der Waals surface area contributed by atoms with Crippen LogP contribution in [-0.2, 0) is 9.63 Å². The van der Waals surface area contributed by atoms with Crippen LogP contribution >= 0.6 is 0 Å². The Balaban J connectivity index is 4.92. The average Bonchev–Trinajstić information content (AvgIpc) is 2.31. The summed E-state index contributed by atoms with van der Waals surface area (Å²) in [6, 6.07) is 0. The topological polar surface area (TPSA) is 211 Å². The minimum Gasteiger partial charge on any atom is -0.291 e. The largest absolute Gasteiger partial charge is 0.700 e. The van der Waals surface area contributed by atoms with Gasteiger partial charge >= 0.3 is 11.8 Å². The fourth-order valence-electron chi connectivity index (χ4n) is 1.38. The lowest BCUT2D eigenvalue weighted by Gasteiger charge is -2.12. The molecule has 1 unspecified atom stereocenters. The van der Waals surface area contributed by atoms with Gasteiger partial charge in [-0.05, 0) is 5.92 Å². The van der Waals surface area contributed by atoms with Gasteiger partial charge in [-0.1, -0.05) is 6.92 Å². The molecule has 15 nitrogen and oxygen atoms in total. The van der Waals surface area contributed by atoms with Crippen LogP contribution in [0.4, 0.5) is 0 Å². The second-order valence-corrected chi connectivity index (χ2v) is 3.88. The van der Waals surface area contributed by atoms with E-state index in [4.69, 9.17) is 0 Å². The normalized spacial score (nSPS) is 12.0. The number of rotatable bonds is 9. The average molecular weight is 311 g/mol. The zero-order chi connectivity index (χ0) is 16.8. The summed E-state index contributed by atoms with van der Waals surface area (Å²) in [4.78, 5) is 51.7. The van der Waals surface area contributed by atoms with E-state index in [1.807, 2.05) is 0 Å². The minimum absolute atomic E-state index is 0.738. The summed E-state index contributed by atoms with van der Waals surface area (Å²) in [5.41, 5.74) is 1.05. The summed E-state index contributed by atoms with van der Waals surface area (Å²) < 4.78 is 0. The minimum atomic E-state index is -3.70. The molecule has 0 aromatic carbocycles. The van der Waals surface area contributed by atoms with Crippen LogP contribution in [0, 0.1) is 46.4 Å². The molecule has 118 valence electrons. The molecule has 0 aliphatic carbocycles. The summed E-state index contributed by atoms with van der Waals surface area (Å²) in [6.45, 7) is 1.08. The first kappa shape index (κ1) is 17.9. The van der Waals surface area contributed by atoms with Gasteiger partial charge in [0.2, 0.25) is 0 Å². The van der Waals surface area contributed by atoms with E-state index in [0.717, 1.165) is 12.5 Å². The molecule has 0 radical (unpaired) electrons. The highest BCUT2D eigenvalue weighted by atomic mass is 16.8. The third-order valence-electron chi connectivity index (χ3n) is 2.25. The van der Waals surface area contributed by atoms with Crippen LogP contribution in [0.1, 0.15) is 19.8 Å². The standard InChI is InChI=1S/C6H9N5O10/c1-4(2-5(12)21-7-11(19)20)3-6(8(13)14,9(15)16)10(17)18/h4,7H,2-3H2,1H3. The van der Waals surface area contributed by atoms with Crippen molar-refractivity contribution in [2.45, 2.75) is 25.6 Å². The van der Waals surface area contributed by atoms with Crippen molar-refractivity contribution in [2.75, 3.05) is 0 Å². The molecule has 0 rings (SSSR count). The molecule has 0 aromatic rings. The first-order valence-corrected chi connectivity index (χ1v) is 5.07. The number of hydrogen-bond donors (Lipinski definition) is 1. The fourth-order valence-corrected chi connectivity index (χ4v) is 1.38. The molecule has 0 saturated carbocycles. The maximum Gasteiger partial charge on any atom is 0.700 e. The molecule has 0 amide bonds. The Morgan fingerprint density at radius 2 is 1.52 bits per heavy atom. The highest BCUT2D eigenvalue weighted by Crippen LogP contribution is 2.24. The molecule has 21 heavy (non-hydrogen) atoms. The molecule has 0 spiro atoms. The van der Waals surface area contributed by atoms with Crippen molar-refractivity contribution in [1.82, 2.24) is 5.59 Å². The van der Waals surface area contributed by atoms with Crippen LogP contribution < -0.4 is 5.59 Å². The Morgan fingerprint density at radius 1 is 1.10 bits per heavy atom. The van der Waals surface area contributed by atoms with Crippen LogP contribution in [0.25, 0.3) is 0 Å². The number of carbonyl (C=O) groups excluding carboxylic acids is 1. The molecule has 0 bridgehead atoms. The van der Waals surface area contributed by atoms with Gasteiger partial charge in [-0.3, -0.25) is 35.2 Å². The van der Waals surface area contributed by atoms with Gasteiger partial charge < -0.3 is 0 Å². The summed E-state index contributed by atoms with van der Waals surface area (Å²) in [7, 11) is 0. The molecule has 1 atom stereocenters. The van der Waals surface area contributed by atoms with Crippen LogP contribution in [-0.4, -0.2) is 31.6 Å². The maximum atomic E-state index is 11.1. The van der Waals surface area contributed by atoms with E-state index in [2.05, 4.69) is 4.84 Å². The van der Waals surface area contributed by atoms with E-state index < -0.39 is 50.3 Å². The van der Waals surface area contributed by atoms with E-state index in [-0.39, 0.29) is 0 Å². The Hall–Kier alpha value is -3.13. The van der Waals surface area contributed by atoms with Crippen molar-refractivity contribution in [3.8, 4) is 0 Å². The third-order valence-corrected chi connectivity index (χ3v) is 2.25. The predicted molar refractivity (Wildman–Crippen MR) is 58.3 cm³/mol. The summed E-state index contributed by atoms with van der Waals surface area (Å²) in [6.07, 6.45) is -1.94. The Bertz CT molecular complexity index is 441. The molecule has 1 N–H and O–H groups in total. The lowest BCUT2D eigenvalue weighted by atomic mass is 9.99. The van der Waals surface area contributed by atoms with Crippen molar-refractivity contribution in [1.29, 1.82) is 0 Å². The van der Waals surface area contributed by atoms with Crippen molar-refractivity contribution < 1.29 is 29.4 Å². The summed E-state index contributed by atoms with van der Waals surface area (Å²) >= 11 is 0. The number of hydrogen-bond acceptors (Lipinski definition) is 10. The molecule has 0 saturated heterocycles. The van der Waals surface area contributed by atoms with E-state index in [0.29, 0.717) is 0 Å². The Morgan fingerprint density at radius 3 is 1.86 bits per heavy atom. The molecular weight excluding hydrogens is 302 g/mol. The summed E-state index contributed by atoms with van der Waals surface area (Å²) in [5.74, 6) is -6.17. The quantitative estimate of drug-likeness (QED) is 0.313. The van der Waals surface area contributed by atoms with Crippen molar-refractivity contribution in [3.63, 3.8) is 0 Å². The number of nitrogens with one attached hydrogen (secondary N) is 1. The first-order valence-electron chi connectivity index (χ1n) is 5.07. The van der Waals surface area contributed by atoms with Crippen molar-refractivity contribution in [2.24, 2.45) is 5.92 Å². The third kappa shape index (κ3) is 4.48. The van der Waals surface area contributed by atoms with Crippen molar-refractivity contribution >= 4 is 5.97 Å². The van der Waals surface area contributed by atoms with Crippen LogP contribution in [0.5, 0.6) is 0 Å².